The molecule has 2 aromatic carbocycles. The van der Waals surface area contributed by atoms with Gasteiger partial charge in [0.05, 0.1) is 0 Å². The van der Waals surface area contributed by atoms with Gasteiger partial charge in [-0.2, -0.15) is 0 Å². The summed E-state index contributed by atoms with van der Waals surface area (Å²) in [6.07, 6.45) is 3.09. The van der Waals surface area contributed by atoms with Crippen molar-refractivity contribution in [3.8, 4) is 0 Å². The van der Waals surface area contributed by atoms with E-state index in [2.05, 4.69) is 16.0 Å². The van der Waals surface area contributed by atoms with Crippen LogP contribution in [0.15, 0.2) is 60.7 Å². The van der Waals surface area contributed by atoms with Crippen molar-refractivity contribution in [3.63, 3.8) is 0 Å². The minimum Gasteiger partial charge on any atom is -0.352 e. The number of hydrogen-bond acceptors (Lipinski definition) is 3. The Morgan fingerprint density at radius 1 is 1.00 bits per heavy atom. The third kappa shape index (κ3) is 6.72. The first-order chi connectivity index (χ1) is 13.5. The monoisotopic (exact) mass is 379 g/mol. The van der Waals surface area contributed by atoms with Gasteiger partial charge in [0.2, 0.25) is 11.8 Å². The Bertz CT molecular complexity index is 847. The molecule has 0 saturated heterocycles. The van der Waals surface area contributed by atoms with E-state index in [0.29, 0.717) is 12.1 Å². The summed E-state index contributed by atoms with van der Waals surface area (Å²) in [4.78, 5) is 36.1. The van der Waals surface area contributed by atoms with Crippen molar-refractivity contribution in [2.75, 3.05) is 6.54 Å². The van der Waals surface area contributed by atoms with E-state index in [1.807, 2.05) is 43.3 Å². The van der Waals surface area contributed by atoms with Crippen molar-refractivity contribution < 1.29 is 14.4 Å². The smallest absolute Gasteiger partial charge is 0.251 e. The lowest BCUT2D eigenvalue weighted by Gasteiger charge is -2.13. The normalized spacial score (nSPS) is 11.6. The second kappa shape index (κ2) is 10.7. The Morgan fingerprint density at radius 2 is 1.75 bits per heavy atom. The van der Waals surface area contributed by atoms with Crippen LogP contribution in [0, 0.1) is 0 Å². The summed E-state index contributed by atoms with van der Waals surface area (Å²) in [6, 6.07) is 15.8. The van der Waals surface area contributed by atoms with Crippen molar-refractivity contribution >= 4 is 23.8 Å². The van der Waals surface area contributed by atoms with Crippen LogP contribution in [0.5, 0.6) is 0 Å². The minimum atomic E-state index is -0.681. The molecule has 0 aromatic heterocycles. The highest BCUT2D eigenvalue weighted by Crippen LogP contribution is 2.05. The standard InChI is InChI=1S/C22H25N3O3/c1-3-23-22(28)19-11-7-10-18(14-19)15-24-21(27)16(2)25-20(26)13-12-17-8-5-4-6-9-17/h4-14,16H,3,15H2,1-2H3,(H,23,28)(H,24,27)(H,25,26)/b13-12+. The molecule has 0 spiro atoms. The van der Waals surface area contributed by atoms with Crippen LogP contribution in [0.3, 0.4) is 0 Å². The van der Waals surface area contributed by atoms with Crippen LogP contribution in [0.1, 0.15) is 35.3 Å². The summed E-state index contributed by atoms with van der Waals surface area (Å²) in [5.41, 5.74) is 2.25. The molecule has 0 bridgehead atoms. The lowest BCUT2D eigenvalue weighted by Crippen LogP contribution is -2.44. The molecular formula is C22H25N3O3. The molecule has 1 unspecified atom stereocenters. The van der Waals surface area contributed by atoms with Gasteiger partial charge in [-0.1, -0.05) is 42.5 Å². The zero-order valence-corrected chi connectivity index (χ0v) is 16.1. The number of hydrogen-bond donors (Lipinski definition) is 3. The van der Waals surface area contributed by atoms with Crippen molar-refractivity contribution in [2.45, 2.75) is 26.4 Å². The van der Waals surface area contributed by atoms with Crippen LogP contribution in [-0.4, -0.2) is 30.3 Å². The Hall–Kier alpha value is -3.41. The molecule has 3 N–H and O–H groups in total. The molecule has 0 heterocycles. The van der Waals surface area contributed by atoms with Gasteiger partial charge in [-0.15, -0.1) is 0 Å². The largest absolute Gasteiger partial charge is 0.352 e. The SMILES string of the molecule is CCNC(=O)c1cccc(CNC(=O)C(C)NC(=O)/C=C/c2ccccc2)c1. The topological polar surface area (TPSA) is 87.3 Å². The molecule has 0 saturated carbocycles. The fourth-order valence-electron chi connectivity index (χ4n) is 2.49. The Labute approximate surface area is 165 Å². The average molecular weight is 379 g/mol. The Balaban J connectivity index is 1.84. The third-order valence-corrected chi connectivity index (χ3v) is 3.97. The molecule has 146 valence electrons. The zero-order valence-electron chi connectivity index (χ0n) is 16.1. The molecule has 0 fully saturated rings. The van der Waals surface area contributed by atoms with E-state index in [-0.39, 0.29) is 24.3 Å². The first-order valence-electron chi connectivity index (χ1n) is 9.18. The maximum atomic E-state index is 12.2. The van der Waals surface area contributed by atoms with E-state index in [4.69, 9.17) is 0 Å². The molecule has 28 heavy (non-hydrogen) atoms. The number of amides is 3. The van der Waals surface area contributed by atoms with Crippen LogP contribution >= 0.6 is 0 Å². The van der Waals surface area contributed by atoms with Crippen molar-refractivity contribution in [1.29, 1.82) is 0 Å². The van der Waals surface area contributed by atoms with E-state index in [1.54, 1.807) is 31.2 Å². The molecular weight excluding hydrogens is 354 g/mol. The molecule has 2 rings (SSSR count). The van der Waals surface area contributed by atoms with Crippen molar-refractivity contribution in [1.82, 2.24) is 16.0 Å². The van der Waals surface area contributed by atoms with Crippen LogP contribution in [0.4, 0.5) is 0 Å². The van der Waals surface area contributed by atoms with Gasteiger partial charge in [-0.3, -0.25) is 14.4 Å². The Morgan fingerprint density at radius 3 is 2.46 bits per heavy atom. The molecule has 0 aliphatic rings. The highest BCUT2D eigenvalue weighted by Gasteiger charge is 2.14. The van der Waals surface area contributed by atoms with Crippen molar-refractivity contribution in [2.24, 2.45) is 0 Å². The van der Waals surface area contributed by atoms with Gasteiger partial charge in [0.1, 0.15) is 6.04 Å². The van der Waals surface area contributed by atoms with Gasteiger partial charge in [0.15, 0.2) is 0 Å². The van der Waals surface area contributed by atoms with E-state index in [0.717, 1.165) is 11.1 Å². The second-order valence-electron chi connectivity index (χ2n) is 6.25. The number of rotatable bonds is 8. The van der Waals surface area contributed by atoms with E-state index < -0.39 is 6.04 Å². The van der Waals surface area contributed by atoms with Gasteiger partial charge in [0, 0.05) is 24.7 Å². The molecule has 6 nitrogen and oxygen atoms in total. The predicted octanol–water partition coefficient (Wildman–Crippen LogP) is 2.27. The third-order valence-electron chi connectivity index (χ3n) is 3.97. The van der Waals surface area contributed by atoms with Crippen LogP contribution in [0.2, 0.25) is 0 Å². The fraction of sp³-hybridized carbons (Fsp3) is 0.227. The summed E-state index contributed by atoms with van der Waals surface area (Å²) in [6.45, 7) is 4.29. The van der Waals surface area contributed by atoms with Crippen LogP contribution < -0.4 is 16.0 Å². The van der Waals surface area contributed by atoms with E-state index in [1.165, 1.54) is 6.08 Å². The highest BCUT2D eigenvalue weighted by atomic mass is 16.2. The maximum Gasteiger partial charge on any atom is 0.251 e. The Kier molecular flexibility index (Phi) is 7.96. The first kappa shape index (κ1) is 20.9. The summed E-state index contributed by atoms with van der Waals surface area (Å²) in [7, 11) is 0. The van der Waals surface area contributed by atoms with Gasteiger partial charge >= 0.3 is 0 Å². The van der Waals surface area contributed by atoms with Crippen LogP contribution in [-0.2, 0) is 16.1 Å². The molecule has 0 aliphatic heterocycles. The maximum absolute atomic E-state index is 12.2. The number of carbonyl (C=O) groups is 3. The molecule has 1 atom stereocenters. The highest BCUT2D eigenvalue weighted by molar-refractivity contribution is 5.95. The average Bonchev–Trinajstić information content (AvgIpc) is 2.71. The van der Waals surface area contributed by atoms with E-state index >= 15 is 0 Å². The summed E-state index contributed by atoms with van der Waals surface area (Å²) >= 11 is 0. The number of benzene rings is 2. The number of carbonyl (C=O) groups excluding carboxylic acids is 3. The minimum absolute atomic E-state index is 0.151. The zero-order chi connectivity index (χ0) is 20.4. The molecule has 0 aliphatic carbocycles. The van der Waals surface area contributed by atoms with Crippen LogP contribution in [0.25, 0.3) is 6.08 Å². The molecule has 3 amide bonds. The number of nitrogens with one attached hydrogen (secondary N) is 3. The fourth-order valence-corrected chi connectivity index (χ4v) is 2.49. The predicted molar refractivity (Wildman–Crippen MR) is 109 cm³/mol. The lowest BCUT2D eigenvalue weighted by atomic mass is 10.1. The molecule has 2 aromatic rings. The summed E-state index contributed by atoms with van der Waals surface area (Å²) in [5.74, 6) is -0.795. The molecule has 6 heteroatoms. The summed E-state index contributed by atoms with van der Waals surface area (Å²) < 4.78 is 0. The second-order valence-corrected chi connectivity index (χ2v) is 6.25. The van der Waals surface area contributed by atoms with E-state index in [9.17, 15) is 14.4 Å². The van der Waals surface area contributed by atoms with Crippen molar-refractivity contribution in [3.05, 3.63) is 77.4 Å². The summed E-state index contributed by atoms with van der Waals surface area (Å²) in [5, 5.41) is 8.13. The van der Waals surface area contributed by atoms with Gasteiger partial charge in [0.25, 0.3) is 5.91 Å². The van der Waals surface area contributed by atoms with Gasteiger partial charge in [-0.05, 0) is 43.2 Å². The van der Waals surface area contributed by atoms with Gasteiger partial charge in [-0.25, -0.2) is 0 Å². The lowest BCUT2D eigenvalue weighted by molar-refractivity contribution is -0.126. The molecule has 0 radical (unpaired) electrons. The quantitative estimate of drug-likeness (QED) is 0.615. The van der Waals surface area contributed by atoms with Gasteiger partial charge < -0.3 is 16.0 Å². The first-order valence-corrected chi connectivity index (χ1v) is 9.18.